The molecule has 0 amide bonds. The average Bonchev–Trinajstić information content (AvgIpc) is 2.53. The quantitative estimate of drug-likeness (QED) is 0.836. The summed E-state index contributed by atoms with van der Waals surface area (Å²) < 4.78 is 19.2. The molecule has 21 heavy (non-hydrogen) atoms. The summed E-state index contributed by atoms with van der Waals surface area (Å²) in [6.07, 6.45) is 0.829. The summed E-state index contributed by atoms with van der Waals surface area (Å²) in [4.78, 5) is 0. The van der Waals surface area contributed by atoms with Gasteiger partial charge in [-0.1, -0.05) is 37.3 Å². The second kappa shape index (κ2) is 7.23. The van der Waals surface area contributed by atoms with Crippen molar-refractivity contribution in [3.05, 3.63) is 65.5 Å². The zero-order valence-electron chi connectivity index (χ0n) is 12.8. The van der Waals surface area contributed by atoms with Crippen LogP contribution in [-0.4, -0.2) is 7.11 Å². The summed E-state index contributed by atoms with van der Waals surface area (Å²) in [5.41, 5.74) is 1.85. The van der Waals surface area contributed by atoms with Gasteiger partial charge >= 0.3 is 0 Å². The fourth-order valence-electron chi connectivity index (χ4n) is 2.49. The van der Waals surface area contributed by atoms with Gasteiger partial charge in [0.25, 0.3) is 0 Å². The lowest BCUT2D eigenvalue weighted by Gasteiger charge is -2.23. The van der Waals surface area contributed by atoms with Crippen molar-refractivity contribution in [1.82, 2.24) is 5.32 Å². The van der Waals surface area contributed by atoms with Gasteiger partial charge in [-0.05, 0) is 37.1 Å². The number of hydrogen-bond acceptors (Lipinski definition) is 2. The fourth-order valence-corrected chi connectivity index (χ4v) is 2.49. The highest BCUT2D eigenvalue weighted by atomic mass is 19.1. The third-order valence-electron chi connectivity index (χ3n) is 3.73. The van der Waals surface area contributed by atoms with Gasteiger partial charge in [0, 0.05) is 17.6 Å². The van der Waals surface area contributed by atoms with E-state index in [1.54, 1.807) is 13.2 Å². The fraction of sp³-hybridized carbons (Fsp3) is 0.333. The number of benzene rings is 2. The number of nitrogens with one attached hydrogen (secondary N) is 1. The lowest BCUT2D eigenvalue weighted by atomic mass is 10.0. The summed E-state index contributed by atoms with van der Waals surface area (Å²) in [5.74, 6) is 0.676. The first-order chi connectivity index (χ1) is 10.2. The highest BCUT2D eigenvalue weighted by molar-refractivity contribution is 5.30. The normalized spacial score (nSPS) is 13.7. The van der Waals surface area contributed by atoms with Crippen molar-refractivity contribution in [3.8, 4) is 5.75 Å². The SMILES string of the molecule is CCC(N[C@H](C)c1cccc(OC)c1)c1ccccc1F. The zero-order chi connectivity index (χ0) is 15.2. The Labute approximate surface area is 126 Å². The van der Waals surface area contributed by atoms with Crippen LogP contribution >= 0.6 is 0 Å². The van der Waals surface area contributed by atoms with Crippen LogP contribution in [0.4, 0.5) is 4.39 Å². The predicted octanol–water partition coefficient (Wildman–Crippen LogP) is 4.64. The van der Waals surface area contributed by atoms with Gasteiger partial charge in [-0.3, -0.25) is 0 Å². The van der Waals surface area contributed by atoms with Gasteiger partial charge in [0.15, 0.2) is 0 Å². The van der Waals surface area contributed by atoms with Crippen LogP contribution < -0.4 is 10.1 Å². The van der Waals surface area contributed by atoms with E-state index in [1.165, 1.54) is 6.07 Å². The first kappa shape index (κ1) is 15.5. The van der Waals surface area contributed by atoms with Crippen LogP contribution in [0.25, 0.3) is 0 Å². The van der Waals surface area contributed by atoms with E-state index in [9.17, 15) is 4.39 Å². The van der Waals surface area contributed by atoms with Gasteiger partial charge in [0.1, 0.15) is 11.6 Å². The molecular weight excluding hydrogens is 265 g/mol. The molecule has 0 bridgehead atoms. The Morgan fingerprint density at radius 3 is 2.57 bits per heavy atom. The molecule has 0 saturated heterocycles. The van der Waals surface area contributed by atoms with Gasteiger partial charge in [0.2, 0.25) is 0 Å². The highest BCUT2D eigenvalue weighted by Gasteiger charge is 2.16. The molecule has 0 radical (unpaired) electrons. The summed E-state index contributed by atoms with van der Waals surface area (Å²) >= 11 is 0. The minimum Gasteiger partial charge on any atom is -0.497 e. The number of ether oxygens (including phenoxy) is 1. The molecule has 1 unspecified atom stereocenters. The van der Waals surface area contributed by atoms with E-state index in [0.29, 0.717) is 0 Å². The van der Waals surface area contributed by atoms with E-state index < -0.39 is 0 Å². The first-order valence-corrected chi connectivity index (χ1v) is 7.30. The maximum Gasteiger partial charge on any atom is 0.127 e. The van der Waals surface area contributed by atoms with E-state index in [1.807, 2.05) is 36.4 Å². The molecule has 0 aromatic heterocycles. The van der Waals surface area contributed by atoms with Crippen LogP contribution in [0.3, 0.4) is 0 Å². The molecule has 2 aromatic carbocycles. The van der Waals surface area contributed by atoms with Gasteiger partial charge in [-0.25, -0.2) is 4.39 Å². The van der Waals surface area contributed by atoms with Gasteiger partial charge in [0.05, 0.1) is 7.11 Å². The Bertz CT molecular complexity index is 585. The van der Waals surface area contributed by atoms with Crippen molar-refractivity contribution in [2.75, 3.05) is 7.11 Å². The van der Waals surface area contributed by atoms with Crippen molar-refractivity contribution in [3.63, 3.8) is 0 Å². The molecule has 0 spiro atoms. The molecule has 3 heteroatoms. The smallest absolute Gasteiger partial charge is 0.127 e. The number of rotatable bonds is 6. The predicted molar refractivity (Wildman–Crippen MR) is 84.0 cm³/mol. The topological polar surface area (TPSA) is 21.3 Å². The zero-order valence-corrected chi connectivity index (χ0v) is 12.8. The third-order valence-corrected chi connectivity index (χ3v) is 3.73. The molecule has 0 heterocycles. The largest absolute Gasteiger partial charge is 0.497 e. The third kappa shape index (κ3) is 3.82. The van der Waals surface area contributed by atoms with Gasteiger partial charge < -0.3 is 10.1 Å². The average molecular weight is 287 g/mol. The Morgan fingerprint density at radius 1 is 1.14 bits per heavy atom. The maximum atomic E-state index is 13.9. The monoisotopic (exact) mass is 287 g/mol. The molecule has 2 aromatic rings. The molecule has 2 rings (SSSR count). The number of halogens is 1. The molecule has 0 aliphatic heterocycles. The van der Waals surface area contributed by atoms with E-state index in [0.717, 1.165) is 23.3 Å². The molecular formula is C18H22FNO. The number of hydrogen-bond donors (Lipinski definition) is 1. The van der Waals surface area contributed by atoms with Gasteiger partial charge in [-0.2, -0.15) is 0 Å². The van der Waals surface area contributed by atoms with E-state index in [4.69, 9.17) is 4.74 Å². The van der Waals surface area contributed by atoms with E-state index >= 15 is 0 Å². The molecule has 0 aliphatic rings. The molecule has 0 saturated carbocycles. The van der Waals surface area contributed by atoms with E-state index in [-0.39, 0.29) is 17.9 Å². The minimum atomic E-state index is -0.158. The van der Waals surface area contributed by atoms with Crippen molar-refractivity contribution in [1.29, 1.82) is 0 Å². The second-order valence-electron chi connectivity index (χ2n) is 5.15. The number of methoxy groups -OCH3 is 1. The van der Waals surface area contributed by atoms with Crippen LogP contribution in [0.1, 0.15) is 43.5 Å². The summed E-state index contributed by atoms with van der Waals surface area (Å²) in [6.45, 7) is 4.14. The van der Waals surface area contributed by atoms with Crippen LogP contribution in [-0.2, 0) is 0 Å². The van der Waals surface area contributed by atoms with Crippen molar-refractivity contribution in [2.45, 2.75) is 32.4 Å². The Balaban J connectivity index is 2.16. The molecule has 0 aliphatic carbocycles. The molecule has 1 N–H and O–H groups in total. The van der Waals surface area contributed by atoms with Crippen LogP contribution in [0.2, 0.25) is 0 Å². The Kier molecular flexibility index (Phi) is 5.34. The standard InChI is InChI=1S/C18H22FNO/c1-4-18(16-10-5-6-11-17(16)19)20-13(2)14-8-7-9-15(12-14)21-3/h5-13,18,20H,4H2,1-3H3/t13-,18?/m1/s1. The molecule has 2 nitrogen and oxygen atoms in total. The Hall–Kier alpha value is -1.87. The van der Waals surface area contributed by atoms with Crippen LogP contribution in [0, 0.1) is 5.82 Å². The molecule has 0 fully saturated rings. The lowest BCUT2D eigenvalue weighted by molar-refractivity contribution is 0.410. The molecule has 2 atom stereocenters. The molecule has 112 valence electrons. The van der Waals surface area contributed by atoms with Crippen LogP contribution in [0.15, 0.2) is 48.5 Å². The second-order valence-corrected chi connectivity index (χ2v) is 5.15. The summed E-state index contributed by atoms with van der Waals surface area (Å²) in [5, 5.41) is 3.50. The van der Waals surface area contributed by atoms with E-state index in [2.05, 4.69) is 19.2 Å². The van der Waals surface area contributed by atoms with Crippen LogP contribution in [0.5, 0.6) is 5.75 Å². The van der Waals surface area contributed by atoms with Crippen molar-refractivity contribution >= 4 is 0 Å². The Morgan fingerprint density at radius 2 is 1.90 bits per heavy atom. The summed E-state index contributed by atoms with van der Waals surface area (Å²) in [6, 6.07) is 15.0. The first-order valence-electron chi connectivity index (χ1n) is 7.30. The minimum absolute atomic E-state index is 0.00704. The highest BCUT2D eigenvalue weighted by Crippen LogP contribution is 2.25. The summed E-state index contributed by atoms with van der Waals surface area (Å²) in [7, 11) is 1.66. The van der Waals surface area contributed by atoms with Crippen molar-refractivity contribution in [2.24, 2.45) is 0 Å². The van der Waals surface area contributed by atoms with Gasteiger partial charge in [-0.15, -0.1) is 0 Å². The maximum absolute atomic E-state index is 13.9. The van der Waals surface area contributed by atoms with Crippen molar-refractivity contribution < 1.29 is 9.13 Å². The lowest BCUT2D eigenvalue weighted by Crippen LogP contribution is -2.25.